The van der Waals surface area contributed by atoms with Crippen LogP contribution in [-0.2, 0) is 17.8 Å². The van der Waals surface area contributed by atoms with Crippen molar-refractivity contribution in [2.45, 2.75) is 46.2 Å². The van der Waals surface area contributed by atoms with Crippen molar-refractivity contribution < 1.29 is 4.79 Å². The van der Waals surface area contributed by atoms with Crippen LogP contribution < -0.4 is 5.32 Å². The van der Waals surface area contributed by atoms with Crippen LogP contribution in [0, 0.1) is 5.92 Å². The lowest BCUT2D eigenvalue weighted by Gasteiger charge is -2.37. The summed E-state index contributed by atoms with van der Waals surface area (Å²) >= 11 is 0. The van der Waals surface area contributed by atoms with Gasteiger partial charge in [-0.15, -0.1) is 0 Å². The molecule has 1 aliphatic rings. The lowest BCUT2D eigenvalue weighted by atomic mass is 9.93. The quantitative estimate of drug-likeness (QED) is 0.915. The van der Waals surface area contributed by atoms with Gasteiger partial charge in [-0.1, -0.05) is 38.1 Å². The maximum absolute atomic E-state index is 11.4. The summed E-state index contributed by atoms with van der Waals surface area (Å²) in [4.78, 5) is 13.4. The Morgan fingerprint density at radius 2 is 1.95 bits per heavy atom. The standard InChI is InChI=1S/C17H26N2O/c1-4-15-5-7-16(8-6-15)11-18-17-9-10-19(14(3)20)12-13(17)2/h5-8,13,17-18H,4,9-12H2,1-3H3. The molecule has 3 nitrogen and oxygen atoms in total. The fourth-order valence-corrected chi connectivity index (χ4v) is 2.88. The molecule has 20 heavy (non-hydrogen) atoms. The maximum Gasteiger partial charge on any atom is 0.219 e. The lowest BCUT2D eigenvalue weighted by molar-refractivity contribution is -0.130. The minimum atomic E-state index is 0.199. The van der Waals surface area contributed by atoms with Crippen molar-refractivity contribution in [3.8, 4) is 0 Å². The maximum atomic E-state index is 11.4. The highest BCUT2D eigenvalue weighted by molar-refractivity contribution is 5.73. The number of hydrogen-bond acceptors (Lipinski definition) is 2. The summed E-state index contributed by atoms with van der Waals surface area (Å²) in [6, 6.07) is 9.34. The van der Waals surface area contributed by atoms with Gasteiger partial charge in [0.05, 0.1) is 0 Å². The van der Waals surface area contributed by atoms with Crippen LogP contribution in [-0.4, -0.2) is 29.9 Å². The molecule has 1 heterocycles. The van der Waals surface area contributed by atoms with Crippen LogP contribution in [0.15, 0.2) is 24.3 Å². The number of nitrogens with one attached hydrogen (secondary N) is 1. The highest BCUT2D eigenvalue weighted by Crippen LogP contribution is 2.17. The molecular weight excluding hydrogens is 248 g/mol. The first-order chi connectivity index (χ1) is 9.60. The van der Waals surface area contributed by atoms with Crippen LogP contribution in [0.3, 0.4) is 0 Å². The molecule has 1 saturated heterocycles. The molecule has 0 radical (unpaired) electrons. The van der Waals surface area contributed by atoms with Gasteiger partial charge in [0.15, 0.2) is 0 Å². The SMILES string of the molecule is CCc1ccc(CNC2CCN(C(C)=O)CC2C)cc1. The predicted octanol–water partition coefficient (Wildman–Crippen LogP) is 2.60. The Hall–Kier alpha value is -1.35. The van der Waals surface area contributed by atoms with E-state index in [1.54, 1.807) is 6.92 Å². The van der Waals surface area contributed by atoms with Crippen molar-refractivity contribution in [2.24, 2.45) is 5.92 Å². The van der Waals surface area contributed by atoms with Gasteiger partial charge in [0.25, 0.3) is 0 Å². The summed E-state index contributed by atoms with van der Waals surface area (Å²) in [5.41, 5.74) is 2.72. The molecule has 2 rings (SSSR count). The Morgan fingerprint density at radius 3 is 2.50 bits per heavy atom. The minimum Gasteiger partial charge on any atom is -0.343 e. The van der Waals surface area contributed by atoms with E-state index >= 15 is 0 Å². The number of aryl methyl sites for hydroxylation is 1. The highest BCUT2D eigenvalue weighted by atomic mass is 16.2. The van der Waals surface area contributed by atoms with E-state index in [2.05, 4.69) is 43.4 Å². The van der Waals surface area contributed by atoms with Crippen molar-refractivity contribution in [3.05, 3.63) is 35.4 Å². The third-order valence-electron chi connectivity index (χ3n) is 4.35. The number of carbonyl (C=O) groups is 1. The first-order valence-corrected chi connectivity index (χ1v) is 7.67. The van der Waals surface area contributed by atoms with Crippen molar-refractivity contribution in [1.29, 1.82) is 0 Å². The highest BCUT2D eigenvalue weighted by Gasteiger charge is 2.26. The van der Waals surface area contributed by atoms with E-state index in [4.69, 9.17) is 0 Å². The molecule has 1 aliphatic heterocycles. The van der Waals surface area contributed by atoms with Crippen molar-refractivity contribution in [2.75, 3.05) is 13.1 Å². The Bertz CT molecular complexity index is 441. The van der Waals surface area contributed by atoms with E-state index in [1.165, 1.54) is 11.1 Å². The van der Waals surface area contributed by atoms with Crippen molar-refractivity contribution in [1.82, 2.24) is 10.2 Å². The van der Waals surface area contributed by atoms with E-state index in [0.29, 0.717) is 12.0 Å². The van der Waals surface area contributed by atoms with Gasteiger partial charge in [0.1, 0.15) is 0 Å². The van der Waals surface area contributed by atoms with Gasteiger partial charge in [-0.25, -0.2) is 0 Å². The molecule has 110 valence electrons. The van der Waals surface area contributed by atoms with Gasteiger partial charge in [0, 0.05) is 32.6 Å². The van der Waals surface area contributed by atoms with Gasteiger partial charge < -0.3 is 10.2 Å². The van der Waals surface area contributed by atoms with E-state index in [-0.39, 0.29) is 5.91 Å². The first kappa shape index (κ1) is 15.0. The third kappa shape index (κ3) is 3.83. The van der Waals surface area contributed by atoms with Crippen molar-refractivity contribution in [3.63, 3.8) is 0 Å². The molecule has 0 saturated carbocycles. The minimum absolute atomic E-state index is 0.199. The fraction of sp³-hybridized carbons (Fsp3) is 0.588. The van der Waals surface area contributed by atoms with E-state index in [9.17, 15) is 4.79 Å². The van der Waals surface area contributed by atoms with Crippen LogP contribution >= 0.6 is 0 Å². The summed E-state index contributed by atoms with van der Waals surface area (Å²) in [6.45, 7) is 8.74. The van der Waals surface area contributed by atoms with Gasteiger partial charge in [-0.3, -0.25) is 4.79 Å². The number of amides is 1. The monoisotopic (exact) mass is 274 g/mol. The largest absolute Gasteiger partial charge is 0.343 e. The number of piperidine rings is 1. The number of nitrogens with zero attached hydrogens (tertiary/aromatic N) is 1. The number of hydrogen-bond donors (Lipinski definition) is 1. The molecule has 1 aromatic rings. The molecule has 1 aromatic carbocycles. The zero-order valence-electron chi connectivity index (χ0n) is 12.9. The summed E-state index contributed by atoms with van der Waals surface area (Å²) in [5, 5.41) is 3.65. The van der Waals surface area contributed by atoms with Gasteiger partial charge in [-0.2, -0.15) is 0 Å². The molecule has 3 heteroatoms. The van der Waals surface area contributed by atoms with Crippen LogP contribution in [0.1, 0.15) is 38.3 Å². The molecular formula is C17H26N2O. The zero-order valence-corrected chi connectivity index (χ0v) is 12.9. The molecule has 0 bridgehead atoms. The lowest BCUT2D eigenvalue weighted by Crippen LogP contribution is -2.49. The Kier molecular flexibility index (Phi) is 5.18. The third-order valence-corrected chi connectivity index (χ3v) is 4.35. The van der Waals surface area contributed by atoms with Gasteiger partial charge >= 0.3 is 0 Å². The predicted molar refractivity (Wildman–Crippen MR) is 82.5 cm³/mol. The summed E-state index contributed by atoms with van der Waals surface area (Å²) in [6.07, 6.45) is 2.14. The second-order valence-corrected chi connectivity index (χ2v) is 5.89. The molecule has 0 aromatic heterocycles. The number of likely N-dealkylation sites (tertiary alicyclic amines) is 1. The second kappa shape index (κ2) is 6.89. The number of rotatable bonds is 4. The average Bonchev–Trinajstić information content (AvgIpc) is 2.46. The summed E-state index contributed by atoms with van der Waals surface area (Å²) in [7, 11) is 0. The van der Waals surface area contributed by atoms with Crippen LogP contribution in [0.2, 0.25) is 0 Å². The molecule has 0 spiro atoms. The van der Waals surface area contributed by atoms with Gasteiger partial charge in [-0.05, 0) is 29.9 Å². The first-order valence-electron chi connectivity index (χ1n) is 7.67. The second-order valence-electron chi connectivity index (χ2n) is 5.89. The van der Waals surface area contributed by atoms with Crippen LogP contribution in [0.5, 0.6) is 0 Å². The molecule has 1 amide bonds. The summed E-state index contributed by atoms with van der Waals surface area (Å²) < 4.78 is 0. The molecule has 1 fully saturated rings. The van der Waals surface area contributed by atoms with Crippen molar-refractivity contribution >= 4 is 5.91 Å². The Balaban J connectivity index is 1.83. The smallest absolute Gasteiger partial charge is 0.219 e. The normalized spacial score (nSPS) is 22.9. The van der Waals surface area contributed by atoms with Gasteiger partial charge in [0.2, 0.25) is 5.91 Å². The average molecular weight is 274 g/mol. The zero-order chi connectivity index (χ0) is 14.5. The van der Waals surface area contributed by atoms with E-state index < -0.39 is 0 Å². The van der Waals surface area contributed by atoms with Crippen LogP contribution in [0.25, 0.3) is 0 Å². The number of benzene rings is 1. The van der Waals surface area contributed by atoms with E-state index in [1.807, 2.05) is 4.90 Å². The Labute approximate surface area is 122 Å². The van der Waals surface area contributed by atoms with E-state index in [0.717, 1.165) is 32.5 Å². The fourth-order valence-electron chi connectivity index (χ4n) is 2.88. The Morgan fingerprint density at radius 1 is 1.30 bits per heavy atom. The number of carbonyl (C=O) groups excluding carboxylic acids is 1. The molecule has 2 atom stereocenters. The molecule has 2 unspecified atom stereocenters. The molecule has 0 aliphatic carbocycles. The summed E-state index contributed by atoms with van der Waals surface area (Å²) in [5.74, 6) is 0.716. The van der Waals surface area contributed by atoms with Crippen LogP contribution in [0.4, 0.5) is 0 Å². The topological polar surface area (TPSA) is 32.3 Å². The molecule has 1 N–H and O–H groups in total.